The number of hydrogen-bond acceptors (Lipinski definition) is 5. The van der Waals surface area contributed by atoms with E-state index >= 15 is 0 Å². The molecule has 1 saturated carbocycles. The maximum atomic E-state index is 11.8. The fraction of sp³-hybridized carbons (Fsp3) is 0.632. The number of piperidine rings is 1. The molecule has 6 nitrogen and oxygen atoms in total. The third-order valence-electron chi connectivity index (χ3n) is 5.73. The summed E-state index contributed by atoms with van der Waals surface area (Å²) >= 11 is 1.84. The van der Waals surface area contributed by atoms with E-state index in [2.05, 4.69) is 4.90 Å². The Morgan fingerprint density at radius 2 is 1.81 bits per heavy atom. The van der Waals surface area contributed by atoms with Crippen LogP contribution in [0.4, 0.5) is 11.4 Å². The molecule has 0 spiro atoms. The molecule has 1 N–H and O–H groups in total. The molecule has 26 heavy (non-hydrogen) atoms. The number of thioether (sulfide) groups is 1. The molecule has 0 aromatic heterocycles. The molecule has 1 saturated heterocycles. The number of carbonyl (C=O) groups is 1. The zero-order valence-corrected chi connectivity index (χ0v) is 15.7. The summed E-state index contributed by atoms with van der Waals surface area (Å²) in [6.45, 7) is 1.82. The molecule has 0 unspecified atom stereocenters. The zero-order chi connectivity index (χ0) is 18.6. The van der Waals surface area contributed by atoms with Crippen LogP contribution in [0.1, 0.15) is 44.9 Å². The number of hydrogen-bond donors (Lipinski definition) is 1. The van der Waals surface area contributed by atoms with E-state index in [0.717, 1.165) is 69.5 Å². The third-order valence-corrected chi connectivity index (χ3v) is 7.39. The molecule has 1 aromatic carbocycles. The molecule has 0 amide bonds. The molecule has 3 rings (SSSR count). The summed E-state index contributed by atoms with van der Waals surface area (Å²) in [6.07, 6.45) is 6.91. The molecule has 0 atom stereocenters. The predicted octanol–water partition coefficient (Wildman–Crippen LogP) is 4.33. The van der Waals surface area contributed by atoms with Crippen molar-refractivity contribution in [3.05, 3.63) is 34.4 Å². The summed E-state index contributed by atoms with van der Waals surface area (Å²) in [6, 6.07) is 6.73. The van der Waals surface area contributed by atoms with Gasteiger partial charge in [0, 0.05) is 41.9 Å². The van der Waals surface area contributed by atoms with Crippen LogP contribution in [0.5, 0.6) is 0 Å². The van der Waals surface area contributed by atoms with Crippen LogP contribution < -0.4 is 4.90 Å². The van der Waals surface area contributed by atoms with Crippen molar-refractivity contribution in [1.29, 1.82) is 0 Å². The Hall–Kier alpha value is -1.76. The second-order valence-corrected chi connectivity index (χ2v) is 8.71. The van der Waals surface area contributed by atoms with Gasteiger partial charge in [0.1, 0.15) is 0 Å². The Morgan fingerprint density at radius 3 is 2.35 bits per heavy atom. The fourth-order valence-electron chi connectivity index (χ4n) is 3.99. The maximum Gasteiger partial charge on any atom is 0.310 e. The maximum absolute atomic E-state index is 11.8. The number of carboxylic acid groups (broad SMARTS) is 1. The molecule has 1 heterocycles. The highest BCUT2D eigenvalue weighted by atomic mass is 32.2. The monoisotopic (exact) mass is 378 g/mol. The highest BCUT2D eigenvalue weighted by Crippen LogP contribution is 2.41. The van der Waals surface area contributed by atoms with Crippen molar-refractivity contribution in [1.82, 2.24) is 0 Å². The zero-order valence-electron chi connectivity index (χ0n) is 14.9. The van der Waals surface area contributed by atoms with Gasteiger partial charge in [0.05, 0.1) is 10.3 Å². The minimum atomic E-state index is -0.618. The number of anilines is 1. The van der Waals surface area contributed by atoms with Gasteiger partial charge in [-0.15, -0.1) is 0 Å². The van der Waals surface area contributed by atoms with Gasteiger partial charge in [-0.05, 0) is 37.8 Å². The van der Waals surface area contributed by atoms with E-state index in [1.54, 1.807) is 12.1 Å². The standard InChI is InChI=1S/C19H26N2O4S/c22-18(23)19(10-2-1-3-11-19)14-26-17-8-12-20(13-9-17)15-4-6-16(7-5-15)21(24)25/h4-7,17H,1-3,8-14H2,(H,22,23). The predicted molar refractivity (Wildman–Crippen MR) is 104 cm³/mol. The molecular weight excluding hydrogens is 352 g/mol. The van der Waals surface area contributed by atoms with Crippen LogP contribution in [0.3, 0.4) is 0 Å². The highest BCUT2D eigenvalue weighted by molar-refractivity contribution is 7.99. The van der Waals surface area contributed by atoms with Crippen molar-refractivity contribution in [2.24, 2.45) is 5.41 Å². The van der Waals surface area contributed by atoms with Gasteiger partial charge in [0.25, 0.3) is 5.69 Å². The van der Waals surface area contributed by atoms with Crippen molar-refractivity contribution in [3.63, 3.8) is 0 Å². The first-order chi connectivity index (χ1) is 12.5. The van der Waals surface area contributed by atoms with E-state index in [-0.39, 0.29) is 10.6 Å². The van der Waals surface area contributed by atoms with Gasteiger partial charge in [-0.3, -0.25) is 14.9 Å². The summed E-state index contributed by atoms with van der Waals surface area (Å²) < 4.78 is 0. The van der Waals surface area contributed by atoms with Crippen molar-refractivity contribution >= 4 is 29.1 Å². The summed E-state index contributed by atoms with van der Waals surface area (Å²) in [5, 5.41) is 21.0. The second-order valence-electron chi connectivity index (χ2n) is 7.42. The Labute approximate surface area is 158 Å². The number of aliphatic carboxylic acids is 1. The first kappa shape index (κ1) is 19.0. The van der Waals surface area contributed by atoms with Crippen molar-refractivity contribution in [3.8, 4) is 0 Å². The Bertz CT molecular complexity index is 635. The van der Waals surface area contributed by atoms with Crippen molar-refractivity contribution in [2.75, 3.05) is 23.7 Å². The average Bonchev–Trinajstić information content (AvgIpc) is 2.67. The van der Waals surface area contributed by atoms with Gasteiger partial charge in [0.2, 0.25) is 0 Å². The Kier molecular flexibility index (Phi) is 6.06. The van der Waals surface area contributed by atoms with E-state index < -0.39 is 11.4 Å². The minimum absolute atomic E-state index is 0.116. The summed E-state index contributed by atoms with van der Waals surface area (Å²) in [4.78, 5) is 24.4. The topological polar surface area (TPSA) is 83.7 Å². The first-order valence-electron chi connectivity index (χ1n) is 9.35. The number of carboxylic acids is 1. The quantitative estimate of drug-likeness (QED) is 0.586. The van der Waals surface area contributed by atoms with Gasteiger partial charge in [-0.1, -0.05) is 19.3 Å². The molecule has 1 aromatic rings. The van der Waals surface area contributed by atoms with Crippen molar-refractivity contribution < 1.29 is 14.8 Å². The van der Waals surface area contributed by atoms with Crippen LogP contribution in [0, 0.1) is 15.5 Å². The third kappa shape index (κ3) is 4.31. The van der Waals surface area contributed by atoms with Gasteiger partial charge in [0.15, 0.2) is 0 Å². The van der Waals surface area contributed by atoms with E-state index in [0.29, 0.717) is 5.25 Å². The lowest BCUT2D eigenvalue weighted by atomic mass is 9.76. The van der Waals surface area contributed by atoms with E-state index in [1.807, 2.05) is 23.9 Å². The minimum Gasteiger partial charge on any atom is -0.481 e. The van der Waals surface area contributed by atoms with E-state index in [1.165, 1.54) is 0 Å². The number of benzene rings is 1. The molecule has 0 bridgehead atoms. The van der Waals surface area contributed by atoms with Gasteiger partial charge < -0.3 is 10.0 Å². The van der Waals surface area contributed by atoms with Gasteiger partial charge >= 0.3 is 5.97 Å². The number of nitro benzene ring substituents is 1. The van der Waals surface area contributed by atoms with E-state index in [4.69, 9.17) is 0 Å². The average molecular weight is 378 g/mol. The molecule has 1 aliphatic heterocycles. The van der Waals surface area contributed by atoms with Crippen LogP contribution in [0.2, 0.25) is 0 Å². The van der Waals surface area contributed by atoms with Gasteiger partial charge in [-0.25, -0.2) is 0 Å². The molecule has 0 radical (unpaired) electrons. The van der Waals surface area contributed by atoms with Gasteiger partial charge in [-0.2, -0.15) is 11.8 Å². The number of nitro groups is 1. The molecule has 2 aliphatic rings. The molecule has 142 valence electrons. The smallest absolute Gasteiger partial charge is 0.310 e. The largest absolute Gasteiger partial charge is 0.481 e. The summed E-state index contributed by atoms with van der Waals surface area (Å²) in [5.74, 6) is 0.109. The lowest BCUT2D eigenvalue weighted by Crippen LogP contribution is -2.38. The van der Waals surface area contributed by atoms with Crippen LogP contribution in [-0.4, -0.2) is 40.1 Å². The van der Waals surface area contributed by atoms with Crippen molar-refractivity contribution in [2.45, 2.75) is 50.2 Å². The Balaban J connectivity index is 1.50. The summed E-state index contributed by atoms with van der Waals surface area (Å²) in [5.41, 5.74) is 0.622. The van der Waals surface area contributed by atoms with Crippen LogP contribution in [0.25, 0.3) is 0 Å². The number of nitrogens with zero attached hydrogens (tertiary/aromatic N) is 2. The van der Waals surface area contributed by atoms with Crippen LogP contribution >= 0.6 is 11.8 Å². The Morgan fingerprint density at radius 1 is 1.19 bits per heavy atom. The number of rotatable bonds is 6. The molecule has 1 aliphatic carbocycles. The molecule has 2 fully saturated rings. The first-order valence-corrected chi connectivity index (χ1v) is 10.4. The van der Waals surface area contributed by atoms with E-state index in [9.17, 15) is 20.0 Å². The normalized spacial score (nSPS) is 20.7. The van der Waals surface area contributed by atoms with Crippen LogP contribution in [0.15, 0.2) is 24.3 Å². The lowest BCUT2D eigenvalue weighted by molar-refractivity contribution is -0.384. The SMILES string of the molecule is O=C(O)C1(CSC2CCN(c3ccc([N+](=O)[O-])cc3)CC2)CCCCC1. The lowest BCUT2D eigenvalue weighted by Gasteiger charge is -2.37. The number of non-ortho nitro benzene ring substituents is 1. The second kappa shape index (κ2) is 8.29. The fourth-order valence-corrected chi connectivity index (χ4v) is 5.50. The van der Waals surface area contributed by atoms with Crippen LogP contribution in [-0.2, 0) is 4.79 Å². The molecule has 7 heteroatoms. The summed E-state index contributed by atoms with van der Waals surface area (Å²) in [7, 11) is 0. The highest BCUT2D eigenvalue weighted by Gasteiger charge is 2.40. The molecular formula is C19H26N2O4S.